The molecule has 3 rings (SSSR count). The zero-order valence-electron chi connectivity index (χ0n) is 21.1. The lowest BCUT2D eigenvalue weighted by molar-refractivity contribution is -0.0268. The van der Waals surface area contributed by atoms with Gasteiger partial charge in [-0.05, 0) is 93.5 Å². The summed E-state index contributed by atoms with van der Waals surface area (Å²) in [6.45, 7) is 14.2. The average Bonchev–Trinajstić information content (AvgIpc) is 3.13. The molecule has 0 amide bonds. The fourth-order valence-electron chi connectivity index (χ4n) is 6.93. The Hall–Kier alpha value is -0.900. The van der Waals surface area contributed by atoms with Gasteiger partial charge in [0.15, 0.2) is 0 Å². The molecule has 3 aliphatic carbocycles. The van der Waals surface area contributed by atoms with Crippen LogP contribution in [0.25, 0.3) is 0 Å². The molecule has 0 saturated heterocycles. The van der Waals surface area contributed by atoms with Gasteiger partial charge in [-0.15, -0.1) is 0 Å². The Morgan fingerprint density at radius 3 is 2.47 bits per heavy atom. The summed E-state index contributed by atoms with van der Waals surface area (Å²) in [7, 11) is 0. The Labute approximate surface area is 197 Å². The Morgan fingerprint density at radius 1 is 1.12 bits per heavy atom. The molecule has 0 radical (unpaired) electrons. The second kappa shape index (κ2) is 11.5. The highest BCUT2D eigenvalue weighted by Gasteiger charge is 2.51. The number of fused-ring (bicyclic) bond motifs is 1. The molecule has 3 unspecified atom stereocenters. The van der Waals surface area contributed by atoms with E-state index in [2.05, 4.69) is 46.4 Å². The first kappa shape index (κ1) is 25.7. The fraction of sp³-hybridized carbons (Fsp3) is 0.793. The van der Waals surface area contributed by atoms with Crippen molar-refractivity contribution in [3.8, 4) is 0 Å². The van der Waals surface area contributed by atoms with E-state index in [0.717, 1.165) is 18.1 Å². The van der Waals surface area contributed by atoms with E-state index in [-0.39, 0.29) is 0 Å². The lowest BCUT2D eigenvalue weighted by atomic mass is 9.62. The molecule has 6 atom stereocenters. The van der Waals surface area contributed by atoms with Crippen molar-refractivity contribution < 1.29 is 14.9 Å². The molecule has 0 aromatic rings. The molecule has 3 saturated carbocycles. The summed E-state index contributed by atoms with van der Waals surface area (Å²) in [5, 5.41) is 20.3. The third kappa shape index (κ3) is 5.77. The lowest BCUT2D eigenvalue weighted by Gasteiger charge is -2.44. The minimum atomic E-state index is -0.612. The molecule has 2 N–H and O–H groups in total. The first-order valence-corrected chi connectivity index (χ1v) is 13.3. The van der Waals surface area contributed by atoms with Gasteiger partial charge in [0.25, 0.3) is 0 Å². The molecule has 32 heavy (non-hydrogen) atoms. The first-order valence-electron chi connectivity index (χ1n) is 13.3. The highest BCUT2D eigenvalue weighted by atomic mass is 16.5. The van der Waals surface area contributed by atoms with E-state index >= 15 is 0 Å². The highest BCUT2D eigenvalue weighted by Crippen LogP contribution is 2.58. The summed E-state index contributed by atoms with van der Waals surface area (Å²) >= 11 is 0. The molecule has 182 valence electrons. The van der Waals surface area contributed by atoms with Crippen LogP contribution in [0.3, 0.4) is 0 Å². The van der Waals surface area contributed by atoms with Gasteiger partial charge in [-0.25, -0.2) is 0 Å². The minimum Gasteiger partial charge on any atom is -0.388 e. The largest absolute Gasteiger partial charge is 0.388 e. The van der Waals surface area contributed by atoms with Gasteiger partial charge in [0.2, 0.25) is 0 Å². The first-order chi connectivity index (χ1) is 15.3. The van der Waals surface area contributed by atoms with Crippen molar-refractivity contribution in [1.29, 1.82) is 0 Å². The Balaban J connectivity index is 1.60. The van der Waals surface area contributed by atoms with Gasteiger partial charge < -0.3 is 14.9 Å². The molecule has 0 aromatic carbocycles. The number of aliphatic hydroxyl groups excluding tert-OH is 2. The maximum Gasteiger partial charge on any atom is 0.0809 e. The van der Waals surface area contributed by atoms with Gasteiger partial charge in [0, 0.05) is 6.61 Å². The number of hydrogen-bond acceptors (Lipinski definition) is 3. The maximum atomic E-state index is 10.2. The zero-order valence-corrected chi connectivity index (χ0v) is 21.1. The van der Waals surface area contributed by atoms with Gasteiger partial charge in [0.1, 0.15) is 0 Å². The van der Waals surface area contributed by atoms with Crippen LogP contribution < -0.4 is 0 Å². The summed E-state index contributed by atoms with van der Waals surface area (Å²) in [6, 6.07) is 0. The van der Waals surface area contributed by atoms with Crippen LogP contribution in [0.4, 0.5) is 0 Å². The standard InChI is InChI=1S/C29H48O3/c1-6-22(7-2)10-9-17-32-21(4)25-14-15-26-24(11-8-16-29(25,26)5)13-12-23-18-27(30)20(3)28(31)19-23/h12-13,21-22,25-28,30-31H,3,6-11,14-19H2,1-2,4-5H3/t21-,25?,26?,27-,28-,29?/m1/s1. The lowest BCUT2D eigenvalue weighted by Crippen LogP contribution is -2.38. The quantitative estimate of drug-likeness (QED) is 0.305. The molecule has 0 aliphatic heterocycles. The molecule has 3 aliphatic rings. The number of aliphatic hydroxyl groups is 2. The van der Waals surface area contributed by atoms with Gasteiger partial charge in [-0.2, -0.15) is 0 Å². The fourth-order valence-corrected chi connectivity index (χ4v) is 6.93. The van der Waals surface area contributed by atoms with Gasteiger partial charge in [0.05, 0.1) is 18.3 Å². The number of hydrogen-bond donors (Lipinski definition) is 2. The monoisotopic (exact) mass is 444 g/mol. The predicted octanol–water partition coefficient (Wildman–Crippen LogP) is 6.75. The Kier molecular flexibility index (Phi) is 9.23. The zero-order chi connectivity index (χ0) is 23.3. The van der Waals surface area contributed by atoms with E-state index < -0.39 is 12.2 Å². The molecular formula is C29H48O3. The third-order valence-corrected chi connectivity index (χ3v) is 9.20. The highest BCUT2D eigenvalue weighted by molar-refractivity contribution is 5.29. The topological polar surface area (TPSA) is 49.7 Å². The van der Waals surface area contributed by atoms with Crippen LogP contribution in [-0.4, -0.2) is 35.1 Å². The molecule has 3 fully saturated rings. The number of rotatable bonds is 9. The summed E-state index contributed by atoms with van der Waals surface area (Å²) in [4.78, 5) is 0. The molecule has 0 spiro atoms. The number of allylic oxidation sites excluding steroid dienone is 3. The average molecular weight is 445 g/mol. The van der Waals surface area contributed by atoms with Gasteiger partial charge in [-0.1, -0.05) is 63.5 Å². The van der Waals surface area contributed by atoms with Gasteiger partial charge in [-0.3, -0.25) is 0 Å². The normalized spacial score (nSPS) is 35.4. The van der Waals surface area contributed by atoms with E-state index in [9.17, 15) is 10.2 Å². The minimum absolute atomic E-state index is 0.331. The molecule has 3 nitrogen and oxygen atoms in total. The van der Waals surface area contributed by atoms with E-state index in [0.29, 0.717) is 41.8 Å². The molecule has 3 heteroatoms. The number of ether oxygens (including phenoxy) is 1. The van der Waals surface area contributed by atoms with Crippen LogP contribution in [0.2, 0.25) is 0 Å². The van der Waals surface area contributed by atoms with Crippen molar-refractivity contribution in [1.82, 2.24) is 0 Å². The Morgan fingerprint density at radius 2 is 1.81 bits per heavy atom. The maximum absolute atomic E-state index is 10.2. The smallest absolute Gasteiger partial charge is 0.0809 e. The molecular weight excluding hydrogens is 396 g/mol. The summed E-state index contributed by atoms with van der Waals surface area (Å²) in [5.74, 6) is 2.13. The second-order valence-electron chi connectivity index (χ2n) is 11.1. The van der Waals surface area contributed by atoms with Crippen LogP contribution in [0.1, 0.15) is 98.3 Å². The van der Waals surface area contributed by atoms with Crippen molar-refractivity contribution in [2.24, 2.45) is 23.2 Å². The van der Waals surface area contributed by atoms with Crippen LogP contribution in [0.15, 0.2) is 35.5 Å². The molecule has 0 heterocycles. The van der Waals surface area contributed by atoms with Crippen molar-refractivity contribution in [3.05, 3.63) is 35.5 Å². The SMILES string of the molecule is C=C1[C@H](O)CC(=CC=C2CCCC3(C)C2CCC3[C@@H](C)OCCCC(CC)CC)C[C@H]1O. The summed E-state index contributed by atoms with van der Waals surface area (Å²) < 4.78 is 6.41. The summed E-state index contributed by atoms with van der Waals surface area (Å²) in [5.41, 5.74) is 3.61. The van der Waals surface area contributed by atoms with Crippen molar-refractivity contribution in [2.45, 2.75) is 117 Å². The van der Waals surface area contributed by atoms with Crippen LogP contribution in [0.5, 0.6) is 0 Å². The van der Waals surface area contributed by atoms with E-state index in [1.54, 1.807) is 5.57 Å². The van der Waals surface area contributed by atoms with Gasteiger partial charge >= 0.3 is 0 Å². The van der Waals surface area contributed by atoms with Crippen molar-refractivity contribution >= 4 is 0 Å². The Bertz CT molecular complexity index is 673. The van der Waals surface area contributed by atoms with E-state index in [1.165, 1.54) is 57.8 Å². The van der Waals surface area contributed by atoms with Crippen LogP contribution >= 0.6 is 0 Å². The van der Waals surface area contributed by atoms with Crippen molar-refractivity contribution in [2.75, 3.05) is 6.61 Å². The second-order valence-corrected chi connectivity index (χ2v) is 11.1. The summed E-state index contributed by atoms with van der Waals surface area (Å²) in [6.07, 6.45) is 16.1. The predicted molar refractivity (Wildman–Crippen MR) is 133 cm³/mol. The molecule has 0 aromatic heterocycles. The van der Waals surface area contributed by atoms with Crippen molar-refractivity contribution in [3.63, 3.8) is 0 Å². The van der Waals surface area contributed by atoms with Crippen LogP contribution in [0, 0.1) is 23.2 Å². The third-order valence-electron chi connectivity index (χ3n) is 9.20. The molecule has 0 bridgehead atoms. The van der Waals surface area contributed by atoms with Crippen LogP contribution in [-0.2, 0) is 4.74 Å². The van der Waals surface area contributed by atoms with E-state index in [1.807, 2.05) is 0 Å². The van der Waals surface area contributed by atoms with E-state index in [4.69, 9.17) is 4.74 Å².